The molecule has 0 saturated carbocycles. The molecule has 1 aliphatic rings. The van der Waals surface area contributed by atoms with E-state index in [0.717, 1.165) is 21.6 Å². The highest BCUT2D eigenvalue weighted by Gasteiger charge is 2.25. The highest BCUT2D eigenvalue weighted by atomic mass is 79.9. The maximum Gasteiger partial charge on any atom is 0.148 e. The molecule has 0 radical (unpaired) electrons. The second-order valence-electron chi connectivity index (χ2n) is 4.37. The number of imidazole rings is 1. The molecule has 1 aromatic carbocycles. The Hall–Kier alpha value is -1.46. The van der Waals surface area contributed by atoms with Gasteiger partial charge in [-0.1, -0.05) is 28.1 Å². The number of nitrogens with one attached hydrogen (secondary N) is 2. The molecule has 3 rings (SSSR count). The van der Waals surface area contributed by atoms with E-state index in [1.165, 1.54) is 0 Å². The molecular formula is C13H12BrN3O. The van der Waals surface area contributed by atoms with E-state index in [-0.39, 0.29) is 11.8 Å². The lowest BCUT2D eigenvalue weighted by Gasteiger charge is -2.04. The molecule has 2 heterocycles. The quantitative estimate of drug-likeness (QED) is 0.896. The van der Waals surface area contributed by atoms with Crippen molar-refractivity contribution in [2.75, 3.05) is 6.54 Å². The summed E-state index contributed by atoms with van der Waals surface area (Å²) in [5.74, 6) is 1.07. The van der Waals surface area contributed by atoms with Crippen molar-refractivity contribution in [1.82, 2.24) is 15.3 Å². The molecule has 5 heteroatoms. The zero-order valence-corrected chi connectivity index (χ0v) is 11.2. The van der Waals surface area contributed by atoms with Gasteiger partial charge in [-0.05, 0) is 17.7 Å². The van der Waals surface area contributed by atoms with Crippen molar-refractivity contribution in [3.05, 3.63) is 40.8 Å². The number of rotatable bonds is 2. The van der Waals surface area contributed by atoms with E-state index in [2.05, 4.69) is 31.2 Å². The Labute approximate surface area is 113 Å². The number of benzene rings is 1. The van der Waals surface area contributed by atoms with Crippen LogP contribution in [0.4, 0.5) is 0 Å². The Balaban J connectivity index is 1.85. The topological polar surface area (TPSA) is 57.8 Å². The lowest BCUT2D eigenvalue weighted by Crippen LogP contribution is -2.14. The van der Waals surface area contributed by atoms with Gasteiger partial charge in [-0.2, -0.15) is 0 Å². The number of aromatic amines is 1. The molecule has 0 amide bonds. The van der Waals surface area contributed by atoms with Crippen molar-refractivity contribution in [3.63, 3.8) is 0 Å². The normalized spacial score (nSPS) is 19.4. The average molecular weight is 306 g/mol. The molecule has 1 fully saturated rings. The molecule has 1 atom stereocenters. The molecule has 0 aliphatic carbocycles. The Kier molecular flexibility index (Phi) is 3.01. The smallest absolute Gasteiger partial charge is 0.148 e. The average Bonchev–Trinajstić information content (AvgIpc) is 2.98. The highest BCUT2D eigenvalue weighted by Crippen LogP contribution is 2.24. The van der Waals surface area contributed by atoms with Gasteiger partial charge in [0.2, 0.25) is 0 Å². The van der Waals surface area contributed by atoms with Crippen molar-refractivity contribution in [3.8, 4) is 11.3 Å². The molecular weight excluding hydrogens is 294 g/mol. The summed E-state index contributed by atoms with van der Waals surface area (Å²) in [5, 5.41) is 3.15. The van der Waals surface area contributed by atoms with Crippen LogP contribution in [0.2, 0.25) is 0 Å². The van der Waals surface area contributed by atoms with Crippen LogP contribution in [0.5, 0.6) is 0 Å². The van der Waals surface area contributed by atoms with Crippen LogP contribution in [-0.2, 0) is 4.79 Å². The minimum absolute atomic E-state index is 0.0294. The van der Waals surface area contributed by atoms with Gasteiger partial charge in [0, 0.05) is 10.9 Å². The van der Waals surface area contributed by atoms with E-state index in [4.69, 9.17) is 0 Å². The van der Waals surface area contributed by atoms with Crippen molar-refractivity contribution in [2.45, 2.75) is 12.5 Å². The fourth-order valence-corrected chi connectivity index (χ4v) is 2.36. The third kappa shape index (κ3) is 2.23. The molecule has 2 N–H and O–H groups in total. The first kappa shape index (κ1) is 11.6. The van der Waals surface area contributed by atoms with Gasteiger partial charge in [-0.25, -0.2) is 4.98 Å². The van der Waals surface area contributed by atoms with E-state index >= 15 is 0 Å². The van der Waals surface area contributed by atoms with Crippen molar-refractivity contribution >= 4 is 21.7 Å². The standard InChI is InChI=1S/C13H12BrN3O/c14-9-3-1-8(2-4-9)12-7-16-13(17-12)11-5-10(18)6-15-11/h1-4,7,11,15H,5-6H2,(H,16,17). The summed E-state index contributed by atoms with van der Waals surface area (Å²) in [6.45, 7) is 0.443. The molecule has 4 nitrogen and oxygen atoms in total. The molecule has 0 spiro atoms. The molecule has 1 saturated heterocycles. The zero-order chi connectivity index (χ0) is 12.5. The lowest BCUT2D eigenvalue weighted by molar-refractivity contribution is -0.116. The summed E-state index contributed by atoms with van der Waals surface area (Å²) < 4.78 is 1.05. The number of nitrogens with zero attached hydrogens (tertiary/aromatic N) is 1. The van der Waals surface area contributed by atoms with Gasteiger partial charge in [0.25, 0.3) is 0 Å². The highest BCUT2D eigenvalue weighted by molar-refractivity contribution is 9.10. The van der Waals surface area contributed by atoms with Gasteiger partial charge in [-0.15, -0.1) is 0 Å². The summed E-state index contributed by atoms with van der Waals surface area (Å²) in [6, 6.07) is 8.06. The summed E-state index contributed by atoms with van der Waals surface area (Å²) in [4.78, 5) is 18.9. The number of carbonyl (C=O) groups excluding carboxylic acids is 1. The van der Waals surface area contributed by atoms with Gasteiger partial charge in [0.15, 0.2) is 0 Å². The van der Waals surface area contributed by atoms with Crippen molar-refractivity contribution < 1.29 is 4.79 Å². The van der Waals surface area contributed by atoms with Gasteiger partial charge in [0.05, 0.1) is 24.5 Å². The summed E-state index contributed by atoms with van der Waals surface area (Å²) in [6.07, 6.45) is 2.33. The van der Waals surface area contributed by atoms with Crippen molar-refractivity contribution in [2.24, 2.45) is 0 Å². The Morgan fingerprint density at radius 3 is 2.72 bits per heavy atom. The second kappa shape index (κ2) is 4.66. The number of Topliss-reactive ketones (excluding diaryl/α,β-unsaturated/α-hetero) is 1. The van der Waals surface area contributed by atoms with Crippen LogP contribution in [0.3, 0.4) is 0 Å². The number of ketones is 1. The SMILES string of the molecule is O=C1CNC(c2ncc(-c3ccc(Br)cc3)[nH]2)C1. The minimum atomic E-state index is 0.0294. The third-order valence-electron chi connectivity index (χ3n) is 3.06. The van der Waals surface area contributed by atoms with Crippen LogP contribution in [0.15, 0.2) is 34.9 Å². The van der Waals surface area contributed by atoms with Crippen molar-refractivity contribution in [1.29, 1.82) is 0 Å². The Morgan fingerprint density at radius 1 is 1.28 bits per heavy atom. The fourth-order valence-electron chi connectivity index (χ4n) is 2.09. The maximum absolute atomic E-state index is 11.2. The van der Waals surface area contributed by atoms with Crippen LogP contribution < -0.4 is 5.32 Å². The number of halogens is 1. The third-order valence-corrected chi connectivity index (χ3v) is 3.59. The maximum atomic E-state index is 11.2. The predicted molar refractivity (Wildman–Crippen MR) is 72.1 cm³/mol. The number of aromatic nitrogens is 2. The fraction of sp³-hybridized carbons (Fsp3) is 0.231. The predicted octanol–water partition coefficient (Wildman–Crippen LogP) is 2.44. The Bertz CT molecular complexity index is 576. The first-order valence-electron chi connectivity index (χ1n) is 5.78. The van der Waals surface area contributed by atoms with Crippen LogP contribution in [0.1, 0.15) is 18.3 Å². The van der Waals surface area contributed by atoms with Gasteiger partial charge in [-0.3, -0.25) is 4.79 Å². The largest absolute Gasteiger partial charge is 0.341 e. The molecule has 1 aromatic heterocycles. The molecule has 1 unspecified atom stereocenters. The monoisotopic (exact) mass is 305 g/mol. The number of hydrogen-bond acceptors (Lipinski definition) is 3. The Morgan fingerprint density at radius 2 is 2.06 bits per heavy atom. The summed E-state index contributed by atoms with van der Waals surface area (Å²) in [5.41, 5.74) is 2.06. The van der Waals surface area contributed by atoms with Gasteiger partial charge >= 0.3 is 0 Å². The van der Waals surface area contributed by atoms with E-state index in [1.807, 2.05) is 30.5 Å². The van der Waals surface area contributed by atoms with Gasteiger partial charge < -0.3 is 10.3 Å². The zero-order valence-electron chi connectivity index (χ0n) is 9.61. The molecule has 1 aliphatic heterocycles. The number of H-pyrrole nitrogens is 1. The molecule has 92 valence electrons. The lowest BCUT2D eigenvalue weighted by atomic mass is 10.2. The molecule has 2 aromatic rings. The van der Waals surface area contributed by atoms with Crippen LogP contribution in [0, 0.1) is 0 Å². The first-order valence-corrected chi connectivity index (χ1v) is 6.57. The second-order valence-corrected chi connectivity index (χ2v) is 5.28. The molecule has 0 bridgehead atoms. The minimum Gasteiger partial charge on any atom is -0.341 e. The number of hydrogen-bond donors (Lipinski definition) is 2. The number of carbonyl (C=O) groups is 1. The van der Waals surface area contributed by atoms with Gasteiger partial charge in [0.1, 0.15) is 11.6 Å². The summed E-state index contributed by atoms with van der Waals surface area (Å²) in [7, 11) is 0. The summed E-state index contributed by atoms with van der Waals surface area (Å²) >= 11 is 3.41. The van der Waals surface area contributed by atoms with Crippen LogP contribution >= 0.6 is 15.9 Å². The van der Waals surface area contributed by atoms with E-state index in [1.54, 1.807) is 0 Å². The van der Waals surface area contributed by atoms with Crippen LogP contribution in [-0.4, -0.2) is 22.3 Å². The first-order chi connectivity index (χ1) is 8.72. The van der Waals surface area contributed by atoms with E-state index < -0.39 is 0 Å². The van der Waals surface area contributed by atoms with E-state index in [9.17, 15) is 4.79 Å². The van der Waals surface area contributed by atoms with Crippen LogP contribution in [0.25, 0.3) is 11.3 Å². The van der Waals surface area contributed by atoms with E-state index in [0.29, 0.717) is 13.0 Å². The molecule has 18 heavy (non-hydrogen) atoms.